The highest BCUT2D eigenvalue weighted by atomic mass is 32.2. The third kappa shape index (κ3) is 3.84. The van der Waals surface area contributed by atoms with Gasteiger partial charge in [0, 0.05) is 19.1 Å². The van der Waals surface area contributed by atoms with E-state index in [0.717, 1.165) is 11.3 Å². The molecule has 0 bridgehead atoms. The molecule has 0 aliphatic carbocycles. The lowest BCUT2D eigenvalue weighted by molar-refractivity contribution is -0.127. The van der Waals surface area contributed by atoms with Crippen LogP contribution in [0.4, 0.5) is 0 Å². The molecule has 2 aliphatic rings. The number of hydrogen-bond donors (Lipinski definition) is 1. The Balaban J connectivity index is 1.53. The molecule has 1 unspecified atom stereocenters. The molecule has 1 atom stereocenters. The van der Waals surface area contributed by atoms with Gasteiger partial charge in [-0.1, -0.05) is 18.2 Å². The van der Waals surface area contributed by atoms with E-state index < -0.39 is 10.0 Å². The molecule has 0 saturated carbocycles. The average Bonchev–Trinajstić information content (AvgIpc) is 2.54. The van der Waals surface area contributed by atoms with Gasteiger partial charge in [-0.25, -0.2) is 12.7 Å². The second-order valence-corrected chi connectivity index (χ2v) is 8.25. The first-order valence-electron chi connectivity index (χ1n) is 7.89. The van der Waals surface area contributed by atoms with Crippen molar-refractivity contribution in [3.63, 3.8) is 0 Å². The molecule has 1 amide bonds. The fraction of sp³-hybridized carbons (Fsp3) is 0.562. The van der Waals surface area contributed by atoms with E-state index in [9.17, 15) is 13.2 Å². The number of rotatable bonds is 3. The molecule has 126 valence electrons. The summed E-state index contributed by atoms with van der Waals surface area (Å²) in [6.45, 7) is 1.33. The average molecular weight is 338 g/mol. The molecule has 0 aromatic heterocycles. The van der Waals surface area contributed by atoms with Gasteiger partial charge in [0.25, 0.3) is 0 Å². The van der Waals surface area contributed by atoms with E-state index >= 15 is 0 Å². The molecular formula is C16H22N2O4S. The fourth-order valence-corrected chi connectivity index (χ4v) is 4.02. The monoisotopic (exact) mass is 338 g/mol. The standard InChI is InChI=1S/C16H22N2O4S/c1-23(20,21)18-8-6-14(7-9-18)17-16(19)13-10-12-4-2-3-5-15(12)22-11-13/h2-5,13-14H,6-11H2,1H3,(H,17,19). The SMILES string of the molecule is CS(=O)(=O)N1CCC(NC(=O)C2COc3ccccc3C2)CC1. The largest absolute Gasteiger partial charge is 0.492 e. The Morgan fingerprint density at radius 2 is 1.96 bits per heavy atom. The lowest BCUT2D eigenvalue weighted by Gasteiger charge is -2.32. The summed E-state index contributed by atoms with van der Waals surface area (Å²) in [5.74, 6) is 0.674. The minimum atomic E-state index is -3.13. The van der Waals surface area contributed by atoms with Crippen LogP contribution in [0.1, 0.15) is 18.4 Å². The number of nitrogens with zero attached hydrogens (tertiary/aromatic N) is 1. The van der Waals surface area contributed by atoms with Gasteiger partial charge in [-0.3, -0.25) is 4.79 Å². The molecule has 1 saturated heterocycles. The van der Waals surface area contributed by atoms with Crippen LogP contribution in [0, 0.1) is 5.92 Å². The Morgan fingerprint density at radius 3 is 2.65 bits per heavy atom. The maximum atomic E-state index is 12.4. The second-order valence-electron chi connectivity index (χ2n) is 6.26. The van der Waals surface area contributed by atoms with Crippen molar-refractivity contribution in [2.45, 2.75) is 25.3 Å². The van der Waals surface area contributed by atoms with Gasteiger partial charge in [0.2, 0.25) is 15.9 Å². The lowest BCUT2D eigenvalue weighted by Crippen LogP contribution is -2.48. The molecule has 0 spiro atoms. The molecular weight excluding hydrogens is 316 g/mol. The van der Waals surface area contributed by atoms with Gasteiger partial charge in [0.15, 0.2) is 0 Å². The number of hydrogen-bond acceptors (Lipinski definition) is 4. The van der Waals surface area contributed by atoms with E-state index in [-0.39, 0.29) is 17.9 Å². The minimum absolute atomic E-state index is 0.00249. The summed E-state index contributed by atoms with van der Waals surface area (Å²) in [5.41, 5.74) is 1.06. The van der Waals surface area contributed by atoms with Crippen LogP contribution in [-0.2, 0) is 21.2 Å². The van der Waals surface area contributed by atoms with E-state index in [1.807, 2.05) is 24.3 Å². The van der Waals surface area contributed by atoms with Gasteiger partial charge in [-0.05, 0) is 30.9 Å². The number of fused-ring (bicyclic) bond motifs is 1. The van der Waals surface area contributed by atoms with Gasteiger partial charge in [0.1, 0.15) is 12.4 Å². The molecule has 2 heterocycles. The number of benzene rings is 1. The van der Waals surface area contributed by atoms with Crippen LogP contribution in [0.5, 0.6) is 5.75 Å². The quantitative estimate of drug-likeness (QED) is 0.884. The van der Waals surface area contributed by atoms with Crippen molar-refractivity contribution < 1.29 is 17.9 Å². The van der Waals surface area contributed by atoms with Crippen LogP contribution in [-0.4, -0.2) is 50.6 Å². The highest BCUT2D eigenvalue weighted by Crippen LogP contribution is 2.27. The molecule has 7 heteroatoms. The van der Waals surface area contributed by atoms with Crippen molar-refractivity contribution in [2.24, 2.45) is 5.92 Å². The molecule has 1 N–H and O–H groups in total. The Morgan fingerprint density at radius 1 is 1.26 bits per heavy atom. The van der Waals surface area contributed by atoms with Gasteiger partial charge in [0.05, 0.1) is 12.2 Å². The molecule has 3 rings (SSSR count). The summed E-state index contributed by atoms with van der Waals surface area (Å²) < 4.78 is 30.1. The van der Waals surface area contributed by atoms with Crippen LogP contribution >= 0.6 is 0 Å². The maximum absolute atomic E-state index is 12.4. The first kappa shape index (κ1) is 16.3. The van der Waals surface area contributed by atoms with Crippen molar-refractivity contribution in [1.82, 2.24) is 9.62 Å². The normalized spacial score (nSPS) is 22.9. The molecule has 1 aromatic rings. The van der Waals surface area contributed by atoms with Crippen LogP contribution in [0.25, 0.3) is 0 Å². The van der Waals surface area contributed by atoms with E-state index in [4.69, 9.17) is 4.74 Å². The number of carbonyl (C=O) groups excluding carboxylic acids is 1. The van der Waals surface area contributed by atoms with Crippen molar-refractivity contribution >= 4 is 15.9 Å². The summed E-state index contributed by atoms with van der Waals surface area (Å²) in [4.78, 5) is 12.4. The molecule has 1 fully saturated rings. The van der Waals surface area contributed by atoms with Crippen molar-refractivity contribution in [3.05, 3.63) is 29.8 Å². The summed E-state index contributed by atoms with van der Waals surface area (Å²) >= 11 is 0. The van der Waals surface area contributed by atoms with Crippen LogP contribution in [0.2, 0.25) is 0 Å². The molecule has 23 heavy (non-hydrogen) atoms. The van der Waals surface area contributed by atoms with Gasteiger partial charge in [-0.15, -0.1) is 0 Å². The number of para-hydroxylation sites is 1. The topological polar surface area (TPSA) is 75.7 Å². The summed E-state index contributed by atoms with van der Waals surface area (Å²) in [7, 11) is -3.13. The smallest absolute Gasteiger partial charge is 0.227 e. The highest BCUT2D eigenvalue weighted by Gasteiger charge is 2.30. The number of nitrogens with one attached hydrogen (secondary N) is 1. The first-order chi connectivity index (χ1) is 10.9. The van der Waals surface area contributed by atoms with Crippen molar-refractivity contribution in [3.8, 4) is 5.75 Å². The fourth-order valence-electron chi connectivity index (χ4n) is 3.15. The van der Waals surface area contributed by atoms with Crippen LogP contribution in [0.15, 0.2) is 24.3 Å². The number of ether oxygens (including phenoxy) is 1. The van der Waals surface area contributed by atoms with Crippen LogP contribution < -0.4 is 10.1 Å². The first-order valence-corrected chi connectivity index (χ1v) is 9.74. The summed E-state index contributed by atoms with van der Waals surface area (Å²) in [6.07, 6.45) is 3.22. The summed E-state index contributed by atoms with van der Waals surface area (Å²) in [5, 5.41) is 3.05. The third-order valence-corrected chi connectivity index (χ3v) is 5.82. The van der Waals surface area contributed by atoms with Gasteiger partial charge < -0.3 is 10.1 Å². The van der Waals surface area contributed by atoms with E-state index in [0.29, 0.717) is 39.0 Å². The zero-order valence-corrected chi connectivity index (χ0v) is 14.0. The lowest BCUT2D eigenvalue weighted by atomic mass is 9.95. The predicted molar refractivity (Wildman–Crippen MR) is 86.7 cm³/mol. The third-order valence-electron chi connectivity index (χ3n) is 4.52. The Labute approximate surface area is 136 Å². The highest BCUT2D eigenvalue weighted by molar-refractivity contribution is 7.88. The number of piperidine rings is 1. The van der Waals surface area contributed by atoms with E-state index in [1.165, 1.54) is 10.6 Å². The van der Waals surface area contributed by atoms with Gasteiger partial charge >= 0.3 is 0 Å². The summed E-state index contributed by atoms with van der Waals surface area (Å²) in [6, 6.07) is 7.82. The zero-order chi connectivity index (χ0) is 16.4. The molecule has 1 aromatic carbocycles. The maximum Gasteiger partial charge on any atom is 0.227 e. The van der Waals surface area contributed by atoms with Crippen molar-refractivity contribution in [2.75, 3.05) is 26.0 Å². The Hall–Kier alpha value is -1.60. The van der Waals surface area contributed by atoms with E-state index in [2.05, 4.69) is 5.32 Å². The second kappa shape index (κ2) is 6.49. The number of sulfonamides is 1. The van der Waals surface area contributed by atoms with E-state index in [1.54, 1.807) is 0 Å². The number of carbonyl (C=O) groups is 1. The predicted octanol–water partition coefficient (Wildman–Crippen LogP) is 0.778. The Kier molecular flexibility index (Phi) is 4.59. The van der Waals surface area contributed by atoms with Crippen molar-refractivity contribution in [1.29, 1.82) is 0 Å². The zero-order valence-electron chi connectivity index (χ0n) is 13.2. The van der Waals surface area contributed by atoms with Gasteiger partial charge in [-0.2, -0.15) is 0 Å². The molecule has 0 radical (unpaired) electrons. The van der Waals surface area contributed by atoms with Crippen LogP contribution in [0.3, 0.4) is 0 Å². The minimum Gasteiger partial charge on any atom is -0.492 e. The molecule has 6 nitrogen and oxygen atoms in total. The molecule has 2 aliphatic heterocycles. The number of amides is 1. The Bertz CT molecular complexity index is 681.